The highest BCUT2D eigenvalue weighted by Crippen LogP contribution is 2.19. The molecule has 0 aliphatic carbocycles. The van der Waals surface area contributed by atoms with Gasteiger partial charge in [-0.15, -0.1) is 0 Å². The van der Waals surface area contributed by atoms with Crippen LogP contribution in [0.25, 0.3) is 0 Å². The van der Waals surface area contributed by atoms with Crippen molar-refractivity contribution in [2.45, 2.75) is 40.0 Å². The van der Waals surface area contributed by atoms with E-state index >= 15 is 0 Å². The lowest BCUT2D eigenvalue weighted by atomic mass is 10.1. The average molecular weight is 249 g/mol. The van der Waals surface area contributed by atoms with E-state index in [1.165, 1.54) is 12.0 Å². The van der Waals surface area contributed by atoms with Gasteiger partial charge in [0.15, 0.2) is 0 Å². The average Bonchev–Trinajstić information content (AvgIpc) is 2.35. The molecule has 1 rings (SSSR count). The molecule has 0 aliphatic heterocycles. The molecule has 0 amide bonds. The summed E-state index contributed by atoms with van der Waals surface area (Å²) in [6.07, 6.45) is 3.48. The summed E-state index contributed by atoms with van der Waals surface area (Å²) < 4.78 is 5.83. The van der Waals surface area contributed by atoms with Crippen LogP contribution >= 0.6 is 0 Å². The van der Waals surface area contributed by atoms with Crippen LogP contribution in [0.2, 0.25) is 0 Å². The maximum absolute atomic E-state index is 5.83. The molecule has 0 unspecified atom stereocenters. The van der Waals surface area contributed by atoms with Crippen molar-refractivity contribution in [1.82, 2.24) is 5.32 Å². The Morgan fingerprint density at radius 1 is 1.17 bits per heavy atom. The summed E-state index contributed by atoms with van der Waals surface area (Å²) in [5.41, 5.74) is 1.32. The van der Waals surface area contributed by atoms with Crippen molar-refractivity contribution in [2.75, 3.05) is 19.7 Å². The number of hydrogen-bond donors (Lipinski definition) is 1. The lowest BCUT2D eigenvalue weighted by Gasteiger charge is -2.11. The topological polar surface area (TPSA) is 21.3 Å². The van der Waals surface area contributed by atoms with Gasteiger partial charge in [0.2, 0.25) is 0 Å². The monoisotopic (exact) mass is 249 g/mol. The SMILES string of the molecule is CCCc1ccccc1OCCNCCC(C)C. The van der Waals surface area contributed by atoms with Gasteiger partial charge in [-0.25, -0.2) is 0 Å². The van der Waals surface area contributed by atoms with Crippen LogP contribution in [-0.2, 0) is 6.42 Å². The summed E-state index contributed by atoms with van der Waals surface area (Å²) in [6, 6.07) is 8.35. The van der Waals surface area contributed by atoms with Gasteiger partial charge in [-0.05, 0) is 36.9 Å². The lowest BCUT2D eigenvalue weighted by molar-refractivity contribution is 0.309. The van der Waals surface area contributed by atoms with Gasteiger partial charge in [-0.1, -0.05) is 45.4 Å². The number of ether oxygens (including phenoxy) is 1. The zero-order valence-electron chi connectivity index (χ0n) is 12.0. The van der Waals surface area contributed by atoms with Crippen molar-refractivity contribution in [1.29, 1.82) is 0 Å². The Balaban J connectivity index is 2.22. The molecule has 0 saturated carbocycles. The fourth-order valence-electron chi connectivity index (χ4n) is 1.87. The van der Waals surface area contributed by atoms with Crippen molar-refractivity contribution in [3.05, 3.63) is 29.8 Å². The molecule has 2 nitrogen and oxygen atoms in total. The van der Waals surface area contributed by atoms with Crippen LogP contribution in [0.3, 0.4) is 0 Å². The third-order valence-corrected chi connectivity index (χ3v) is 2.93. The number of para-hydroxylation sites is 1. The van der Waals surface area contributed by atoms with Gasteiger partial charge in [0.1, 0.15) is 12.4 Å². The molecule has 0 spiro atoms. The zero-order chi connectivity index (χ0) is 13.2. The predicted molar refractivity (Wildman–Crippen MR) is 78.3 cm³/mol. The minimum absolute atomic E-state index is 0.749. The van der Waals surface area contributed by atoms with Gasteiger partial charge in [0, 0.05) is 6.54 Å². The fourth-order valence-corrected chi connectivity index (χ4v) is 1.87. The number of rotatable bonds is 9. The van der Waals surface area contributed by atoms with Crippen LogP contribution in [0.1, 0.15) is 39.2 Å². The Labute approximate surface area is 112 Å². The molecular weight excluding hydrogens is 222 g/mol. The largest absolute Gasteiger partial charge is 0.492 e. The van der Waals surface area contributed by atoms with Gasteiger partial charge in [-0.3, -0.25) is 0 Å². The summed E-state index contributed by atoms with van der Waals surface area (Å²) in [4.78, 5) is 0. The molecule has 2 heteroatoms. The Kier molecular flexibility index (Phi) is 7.51. The second-order valence-corrected chi connectivity index (χ2v) is 5.14. The summed E-state index contributed by atoms with van der Waals surface area (Å²) in [5, 5.41) is 3.41. The van der Waals surface area contributed by atoms with Gasteiger partial charge in [0.25, 0.3) is 0 Å². The molecule has 0 heterocycles. The maximum atomic E-state index is 5.83. The van der Waals surface area contributed by atoms with E-state index in [0.717, 1.165) is 44.2 Å². The minimum Gasteiger partial charge on any atom is -0.492 e. The van der Waals surface area contributed by atoms with Gasteiger partial charge >= 0.3 is 0 Å². The number of nitrogens with one attached hydrogen (secondary N) is 1. The molecular formula is C16H27NO. The van der Waals surface area contributed by atoms with Crippen LogP contribution in [0.15, 0.2) is 24.3 Å². The molecule has 0 atom stereocenters. The van der Waals surface area contributed by atoms with E-state index < -0.39 is 0 Å². The quantitative estimate of drug-likeness (QED) is 0.674. The first-order valence-corrected chi connectivity index (χ1v) is 7.15. The van der Waals surface area contributed by atoms with Crippen LogP contribution in [0.5, 0.6) is 5.75 Å². The van der Waals surface area contributed by atoms with Gasteiger partial charge in [-0.2, -0.15) is 0 Å². The molecule has 102 valence electrons. The van der Waals surface area contributed by atoms with E-state index in [1.807, 2.05) is 6.07 Å². The standard InChI is InChI=1S/C16H27NO/c1-4-7-15-8-5-6-9-16(15)18-13-12-17-11-10-14(2)3/h5-6,8-9,14,17H,4,7,10-13H2,1-3H3. The molecule has 0 fully saturated rings. The van der Waals surface area contributed by atoms with E-state index in [4.69, 9.17) is 4.74 Å². The highest BCUT2D eigenvalue weighted by atomic mass is 16.5. The third kappa shape index (κ3) is 6.06. The Morgan fingerprint density at radius 2 is 1.94 bits per heavy atom. The second-order valence-electron chi connectivity index (χ2n) is 5.14. The number of aryl methyl sites for hydroxylation is 1. The fraction of sp³-hybridized carbons (Fsp3) is 0.625. The van der Waals surface area contributed by atoms with Crippen LogP contribution in [0, 0.1) is 5.92 Å². The smallest absolute Gasteiger partial charge is 0.122 e. The molecule has 1 N–H and O–H groups in total. The lowest BCUT2D eigenvalue weighted by Crippen LogP contribution is -2.23. The summed E-state index contributed by atoms with van der Waals surface area (Å²) in [5.74, 6) is 1.81. The summed E-state index contributed by atoms with van der Waals surface area (Å²) in [7, 11) is 0. The van der Waals surface area contributed by atoms with Crippen molar-refractivity contribution in [3.63, 3.8) is 0 Å². The molecule has 1 aromatic carbocycles. The Morgan fingerprint density at radius 3 is 2.67 bits per heavy atom. The summed E-state index contributed by atoms with van der Waals surface area (Å²) in [6.45, 7) is 9.45. The molecule has 0 aliphatic rings. The Bertz CT molecular complexity index is 323. The maximum Gasteiger partial charge on any atom is 0.122 e. The molecule has 0 aromatic heterocycles. The Hall–Kier alpha value is -1.02. The summed E-state index contributed by atoms with van der Waals surface area (Å²) >= 11 is 0. The second kappa shape index (κ2) is 8.98. The van der Waals surface area contributed by atoms with Crippen LogP contribution < -0.4 is 10.1 Å². The number of hydrogen-bond acceptors (Lipinski definition) is 2. The molecule has 0 radical (unpaired) electrons. The number of benzene rings is 1. The molecule has 0 saturated heterocycles. The highest BCUT2D eigenvalue weighted by Gasteiger charge is 2.01. The van der Waals surface area contributed by atoms with E-state index in [9.17, 15) is 0 Å². The minimum atomic E-state index is 0.749. The van der Waals surface area contributed by atoms with Crippen LogP contribution in [-0.4, -0.2) is 19.7 Å². The predicted octanol–water partition coefficient (Wildman–Crippen LogP) is 3.65. The van der Waals surface area contributed by atoms with Crippen LogP contribution in [0.4, 0.5) is 0 Å². The van der Waals surface area contributed by atoms with Crippen molar-refractivity contribution < 1.29 is 4.74 Å². The molecule has 1 aromatic rings. The highest BCUT2D eigenvalue weighted by molar-refractivity contribution is 5.33. The normalized spacial score (nSPS) is 10.9. The van der Waals surface area contributed by atoms with Crippen molar-refractivity contribution in [3.8, 4) is 5.75 Å². The van der Waals surface area contributed by atoms with E-state index in [-0.39, 0.29) is 0 Å². The van der Waals surface area contributed by atoms with E-state index in [0.29, 0.717) is 0 Å². The van der Waals surface area contributed by atoms with Gasteiger partial charge in [0.05, 0.1) is 0 Å². The zero-order valence-corrected chi connectivity index (χ0v) is 12.0. The van der Waals surface area contributed by atoms with Gasteiger partial charge < -0.3 is 10.1 Å². The van der Waals surface area contributed by atoms with E-state index in [1.54, 1.807) is 0 Å². The first-order valence-electron chi connectivity index (χ1n) is 7.15. The first kappa shape index (κ1) is 15.0. The molecule has 18 heavy (non-hydrogen) atoms. The van der Waals surface area contributed by atoms with Crippen molar-refractivity contribution in [2.24, 2.45) is 5.92 Å². The third-order valence-electron chi connectivity index (χ3n) is 2.93. The van der Waals surface area contributed by atoms with E-state index in [2.05, 4.69) is 44.3 Å². The molecule has 0 bridgehead atoms. The van der Waals surface area contributed by atoms with Crippen molar-refractivity contribution >= 4 is 0 Å². The first-order chi connectivity index (χ1) is 8.74.